The van der Waals surface area contributed by atoms with Gasteiger partial charge in [0.1, 0.15) is 17.3 Å². The summed E-state index contributed by atoms with van der Waals surface area (Å²) in [6.45, 7) is 4.13. The van der Waals surface area contributed by atoms with Crippen molar-refractivity contribution in [2.75, 3.05) is 40.3 Å². The molecule has 1 amide bonds. The maximum absolute atomic E-state index is 14.0. The van der Waals surface area contributed by atoms with Crippen LogP contribution in [-0.4, -0.2) is 66.9 Å². The molecule has 0 saturated carbocycles. The Bertz CT molecular complexity index is 835. The highest BCUT2D eigenvalue weighted by Gasteiger charge is 2.35. The second kappa shape index (κ2) is 8.05. The lowest BCUT2D eigenvalue weighted by molar-refractivity contribution is -0.130. The van der Waals surface area contributed by atoms with Gasteiger partial charge in [-0.25, -0.2) is 4.39 Å². The number of fused-ring (bicyclic) bond motifs is 4. The van der Waals surface area contributed by atoms with Crippen LogP contribution in [0.4, 0.5) is 4.39 Å². The van der Waals surface area contributed by atoms with Crippen LogP contribution in [-0.2, 0) is 11.3 Å². The van der Waals surface area contributed by atoms with Crippen molar-refractivity contribution in [3.8, 4) is 11.3 Å². The molecule has 28 heavy (non-hydrogen) atoms. The van der Waals surface area contributed by atoms with Gasteiger partial charge in [-0.15, -0.1) is 0 Å². The number of hydrogen-bond donors (Lipinski definition) is 0. The van der Waals surface area contributed by atoms with E-state index in [2.05, 4.69) is 9.80 Å². The van der Waals surface area contributed by atoms with E-state index in [-0.39, 0.29) is 11.7 Å². The molecule has 5 nitrogen and oxygen atoms in total. The van der Waals surface area contributed by atoms with Crippen LogP contribution in [0.25, 0.3) is 11.3 Å². The predicted molar refractivity (Wildman–Crippen MR) is 106 cm³/mol. The van der Waals surface area contributed by atoms with E-state index in [0.29, 0.717) is 29.8 Å². The zero-order valence-electron chi connectivity index (χ0n) is 16.6. The number of halogens is 1. The smallest absolute Gasteiger partial charge is 0.236 e. The van der Waals surface area contributed by atoms with Crippen molar-refractivity contribution < 1.29 is 13.6 Å². The Hall–Kier alpha value is -2.18. The summed E-state index contributed by atoms with van der Waals surface area (Å²) < 4.78 is 20.0. The van der Waals surface area contributed by atoms with Crippen LogP contribution in [0, 0.1) is 11.7 Å². The molecule has 6 heteroatoms. The van der Waals surface area contributed by atoms with Crippen LogP contribution >= 0.6 is 0 Å². The molecular formula is C22H28FN3O2. The summed E-state index contributed by atoms with van der Waals surface area (Å²) in [6.07, 6.45) is 2.37. The van der Waals surface area contributed by atoms with Crippen LogP contribution in [0.5, 0.6) is 0 Å². The first-order valence-corrected chi connectivity index (χ1v) is 10.00. The van der Waals surface area contributed by atoms with Crippen molar-refractivity contribution in [3.05, 3.63) is 48.0 Å². The third-order valence-corrected chi connectivity index (χ3v) is 5.92. The normalized spacial score (nSPS) is 23.0. The molecule has 0 radical (unpaired) electrons. The van der Waals surface area contributed by atoms with Gasteiger partial charge in [-0.05, 0) is 43.0 Å². The first-order chi connectivity index (χ1) is 13.5. The minimum atomic E-state index is -0.265. The zero-order chi connectivity index (χ0) is 19.7. The van der Waals surface area contributed by atoms with Crippen LogP contribution < -0.4 is 0 Å². The summed E-state index contributed by atoms with van der Waals surface area (Å²) in [5.41, 5.74) is 0.500. The van der Waals surface area contributed by atoms with E-state index < -0.39 is 0 Å². The van der Waals surface area contributed by atoms with Crippen LogP contribution in [0.15, 0.2) is 40.8 Å². The maximum atomic E-state index is 14.0. The molecule has 3 aliphatic heterocycles. The number of rotatable bonds is 5. The van der Waals surface area contributed by atoms with Crippen molar-refractivity contribution in [1.29, 1.82) is 0 Å². The molecular weight excluding hydrogens is 357 g/mol. The number of furan rings is 1. The quantitative estimate of drug-likeness (QED) is 0.793. The van der Waals surface area contributed by atoms with Gasteiger partial charge in [-0.1, -0.05) is 12.1 Å². The number of carbonyl (C=O) groups excluding carboxylic acids is 1. The van der Waals surface area contributed by atoms with Crippen molar-refractivity contribution in [2.45, 2.75) is 25.4 Å². The van der Waals surface area contributed by atoms with E-state index >= 15 is 0 Å². The molecule has 2 aromatic rings. The van der Waals surface area contributed by atoms with Gasteiger partial charge < -0.3 is 9.32 Å². The molecule has 3 saturated heterocycles. The fourth-order valence-corrected chi connectivity index (χ4v) is 4.40. The van der Waals surface area contributed by atoms with E-state index in [1.807, 2.05) is 32.3 Å². The lowest BCUT2D eigenvalue weighted by atomic mass is 9.95. The summed E-state index contributed by atoms with van der Waals surface area (Å²) in [4.78, 5) is 18.6. The van der Waals surface area contributed by atoms with Gasteiger partial charge in [0.05, 0.1) is 18.7 Å². The average Bonchev–Trinajstić information content (AvgIpc) is 2.95. The van der Waals surface area contributed by atoms with Crippen molar-refractivity contribution >= 4 is 5.91 Å². The van der Waals surface area contributed by atoms with Gasteiger partial charge in [-0.3, -0.25) is 14.6 Å². The van der Waals surface area contributed by atoms with Crippen LogP contribution in [0.1, 0.15) is 18.6 Å². The number of hydrogen-bond acceptors (Lipinski definition) is 4. The third kappa shape index (κ3) is 4.13. The summed E-state index contributed by atoms with van der Waals surface area (Å²) in [6, 6.07) is 10.9. The topological polar surface area (TPSA) is 39.9 Å². The zero-order valence-corrected chi connectivity index (χ0v) is 16.6. The first kappa shape index (κ1) is 19.2. The van der Waals surface area contributed by atoms with E-state index in [4.69, 9.17) is 4.42 Å². The van der Waals surface area contributed by atoms with E-state index in [1.54, 1.807) is 17.0 Å². The Morgan fingerprint density at radius 2 is 1.96 bits per heavy atom. The van der Waals surface area contributed by atoms with Gasteiger partial charge in [0.25, 0.3) is 0 Å². The number of amides is 1. The lowest BCUT2D eigenvalue weighted by Crippen LogP contribution is -2.44. The highest BCUT2D eigenvalue weighted by Crippen LogP contribution is 2.31. The fourth-order valence-electron chi connectivity index (χ4n) is 4.40. The fraction of sp³-hybridized carbons (Fsp3) is 0.500. The number of benzene rings is 1. The highest BCUT2D eigenvalue weighted by atomic mass is 19.1. The van der Waals surface area contributed by atoms with Crippen LogP contribution in [0.2, 0.25) is 0 Å². The number of likely N-dealkylation sites (N-methyl/N-ethyl adjacent to an activating group) is 1. The summed E-state index contributed by atoms with van der Waals surface area (Å²) >= 11 is 0. The molecule has 1 aromatic heterocycles. The molecule has 2 bridgehead atoms. The molecule has 3 aliphatic rings. The number of piperidine rings is 1. The van der Waals surface area contributed by atoms with E-state index in [1.165, 1.54) is 12.5 Å². The molecule has 0 aliphatic carbocycles. The molecule has 1 aromatic carbocycles. The molecule has 3 fully saturated rings. The van der Waals surface area contributed by atoms with E-state index in [0.717, 1.165) is 38.4 Å². The largest absolute Gasteiger partial charge is 0.460 e. The molecule has 4 heterocycles. The van der Waals surface area contributed by atoms with Gasteiger partial charge in [0.15, 0.2) is 0 Å². The van der Waals surface area contributed by atoms with E-state index in [9.17, 15) is 9.18 Å². The Morgan fingerprint density at radius 3 is 2.75 bits per heavy atom. The molecule has 5 rings (SSSR count). The van der Waals surface area contributed by atoms with Gasteiger partial charge in [-0.2, -0.15) is 0 Å². The van der Waals surface area contributed by atoms with Crippen molar-refractivity contribution in [2.24, 2.45) is 5.92 Å². The second-order valence-electron chi connectivity index (χ2n) is 8.25. The highest BCUT2D eigenvalue weighted by molar-refractivity contribution is 5.77. The molecule has 150 valence electrons. The molecule has 2 unspecified atom stereocenters. The summed E-state index contributed by atoms with van der Waals surface area (Å²) in [7, 11) is 3.62. The van der Waals surface area contributed by atoms with Gasteiger partial charge in [0, 0.05) is 39.8 Å². The van der Waals surface area contributed by atoms with Crippen LogP contribution in [0.3, 0.4) is 0 Å². The maximum Gasteiger partial charge on any atom is 0.236 e. The average molecular weight is 385 g/mol. The Kier molecular flexibility index (Phi) is 5.51. The minimum absolute atomic E-state index is 0.161. The predicted octanol–water partition coefficient (Wildman–Crippen LogP) is 3.07. The van der Waals surface area contributed by atoms with Crippen molar-refractivity contribution in [1.82, 2.24) is 14.7 Å². The van der Waals surface area contributed by atoms with Gasteiger partial charge >= 0.3 is 0 Å². The number of nitrogens with zero attached hydrogens (tertiary/aromatic N) is 3. The summed E-state index contributed by atoms with van der Waals surface area (Å²) in [5.74, 6) is 1.91. The summed E-state index contributed by atoms with van der Waals surface area (Å²) in [5, 5.41) is 0. The molecule has 0 spiro atoms. The Morgan fingerprint density at radius 1 is 1.14 bits per heavy atom. The SMILES string of the molecule is CN(C)C(=O)CN1CC2CCC(C1)N(Cc1ccc(-c3ccccc3F)o1)C2. The van der Waals surface area contributed by atoms with Crippen molar-refractivity contribution in [3.63, 3.8) is 0 Å². The lowest BCUT2D eigenvalue weighted by Gasteiger charge is -2.35. The number of carbonyl (C=O) groups is 1. The molecule has 2 atom stereocenters. The molecule has 0 N–H and O–H groups in total. The minimum Gasteiger partial charge on any atom is -0.460 e. The Labute approximate surface area is 165 Å². The second-order valence-corrected chi connectivity index (χ2v) is 8.25. The third-order valence-electron chi connectivity index (χ3n) is 5.92. The van der Waals surface area contributed by atoms with Gasteiger partial charge in [0.2, 0.25) is 5.91 Å². The standard InChI is InChI=1S/C22H28FN3O2/c1-24(2)22(27)15-25-11-16-7-8-17(13-25)26(12-16)14-18-9-10-21(28-18)19-5-3-4-6-20(19)23/h3-6,9-10,16-17H,7-8,11-15H2,1-2H3. The monoisotopic (exact) mass is 385 g/mol. The first-order valence-electron chi connectivity index (χ1n) is 10.00. The Balaban J connectivity index is 1.43.